The Morgan fingerprint density at radius 2 is 2.04 bits per heavy atom. The standard InChI is InChI=1S/C21H34O2/c1-3-4-5-6-7-10-14-19-16-13-17-20(19)15-11-8-9-12-18-21(22)23-2/h7,10,13-14,17,20H,3-6,8-9,11-12,15-16,18H2,1-2H3/t20-/m0/s1. The second-order valence-corrected chi connectivity index (χ2v) is 6.43. The topological polar surface area (TPSA) is 26.3 Å². The molecule has 23 heavy (non-hydrogen) atoms. The maximum absolute atomic E-state index is 11.0. The second kappa shape index (κ2) is 13.2. The van der Waals surface area contributed by atoms with Gasteiger partial charge in [0.05, 0.1) is 7.11 Å². The zero-order valence-corrected chi connectivity index (χ0v) is 15.1. The second-order valence-electron chi connectivity index (χ2n) is 6.43. The predicted octanol–water partition coefficient (Wildman–Crippen LogP) is 6.14. The van der Waals surface area contributed by atoms with E-state index in [1.807, 2.05) is 0 Å². The highest BCUT2D eigenvalue weighted by Crippen LogP contribution is 2.29. The molecule has 0 aromatic heterocycles. The molecule has 1 atom stereocenters. The molecule has 0 fully saturated rings. The smallest absolute Gasteiger partial charge is 0.305 e. The maximum Gasteiger partial charge on any atom is 0.305 e. The Hall–Kier alpha value is -1.31. The third kappa shape index (κ3) is 9.43. The van der Waals surface area contributed by atoms with Crippen LogP contribution in [0.3, 0.4) is 0 Å². The van der Waals surface area contributed by atoms with E-state index in [0.717, 1.165) is 19.3 Å². The molecule has 0 unspecified atom stereocenters. The van der Waals surface area contributed by atoms with Crippen LogP contribution >= 0.6 is 0 Å². The molecule has 0 aromatic carbocycles. The Morgan fingerprint density at radius 1 is 1.22 bits per heavy atom. The average molecular weight is 319 g/mol. The highest BCUT2D eigenvalue weighted by atomic mass is 16.5. The van der Waals surface area contributed by atoms with Gasteiger partial charge in [0.25, 0.3) is 0 Å². The molecule has 0 bridgehead atoms. The molecular formula is C21H34O2. The van der Waals surface area contributed by atoms with Gasteiger partial charge in [-0.3, -0.25) is 4.79 Å². The molecule has 0 saturated heterocycles. The van der Waals surface area contributed by atoms with Gasteiger partial charge in [-0.1, -0.05) is 75.0 Å². The average Bonchev–Trinajstić information content (AvgIpc) is 3.01. The molecule has 0 spiro atoms. The molecular weight excluding hydrogens is 284 g/mol. The first-order valence-corrected chi connectivity index (χ1v) is 9.37. The summed E-state index contributed by atoms with van der Waals surface area (Å²) in [4.78, 5) is 11.0. The van der Waals surface area contributed by atoms with Crippen molar-refractivity contribution in [2.45, 2.75) is 77.6 Å². The van der Waals surface area contributed by atoms with E-state index >= 15 is 0 Å². The number of methoxy groups -OCH3 is 1. The molecule has 2 nitrogen and oxygen atoms in total. The fourth-order valence-electron chi connectivity index (χ4n) is 3.01. The SMILES string of the molecule is CCCCCC=CC=C1CC=C[C@@H]1CCCCCCC(=O)OC. The monoisotopic (exact) mass is 318 g/mol. The third-order valence-corrected chi connectivity index (χ3v) is 4.49. The summed E-state index contributed by atoms with van der Waals surface area (Å²) in [7, 11) is 1.46. The minimum atomic E-state index is -0.0836. The van der Waals surface area contributed by atoms with E-state index < -0.39 is 0 Å². The summed E-state index contributed by atoms with van der Waals surface area (Å²) < 4.78 is 4.66. The minimum Gasteiger partial charge on any atom is -0.469 e. The summed E-state index contributed by atoms with van der Waals surface area (Å²) in [6.45, 7) is 2.25. The summed E-state index contributed by atoms with van der Waals surface area (Å²) in [5.74, 6) is 0.551. The van der Waals surface area contributed by atoms with Crippen molar-refractivity contribution >= 4 is 5.97 Å². The molecule has 130 valence electrons. The number of unbranched alkanes of at least 4 members (excludes halogenated alkanes) is 6. The molecule has 2 heteroatoms. The molecule has 0 N–H and O–H groups in total. The number of allylic oxidation sites excluding steroid dienone is 6. The van der Waals surface area contributed by atoms with Gasteiger partial charge >= 0.3 is 5.97 Å². The van der Waals surface area contributed by atoms with Gasteiger partial charge in [0.15, 0.2) is 0 Å². The van der Waals surface area contributed by atoms with Gasteiger partial charge in [-0.2, -0.15) is 0 Å². The van der Waals surface area contributed by atoms with Crippen LogP contribution in [0.4, 0.5) is 0 Å². The number of carbonyl (C=O) groups excluding carboxylic acids is 1. The van der Waals surface area contributed by atoms with Gasteiger partial charge < -0.3 is 4.74 Å². The number of hydrogen-bond acceptors (Lipinski definition) is 2. The quantitative estimate of drug-likeness (QED) is 0.245. The van der Waals surface area contributed by atoms with E-state index in [0.29, 0.717) is 12.3 Å². The zero-order valence-electron chi connectivity index (χ0n) is 15.1. The van der Waals surface area contributed by atoms with E-state index in [2.05, 4.69) is 42.0 Å². The normalized spacial score (nSPS) is 19.0. The highest BCUT2D eigenvalue weighted by molar-refractivity contribution is 5.68. The zero-order chi connectivity index (χ0) is 16.8. The van der Waals surface area contributed by atoms with Crippen LogP contribution in [0.5, 0.6) is 0 Å². The lowest BCUT2D eigenvalue weighted by Crippen LogP contribution is -1.99. The van der Waals surface area contributed by atoms with E-state index in [4.69, 9.17) is 0 Å². The fraction of sp³-hybridized carbons (Fsp3) is 0.667. The van der Waals surface area contributed by atoms with Gasteiger partial charge in [-0.25, -0.2) is 0 Å². The molecule has 1 aliphatic carbocycles. The van der Waals surface area contributed by atoms with Crippen molar-refractivity contribution < 1.29 is 9.53 Å². The van der Waals surface area contributed by atoms with E-state index in [1.54, 1.807) is 5.57 Å². The van der Waals surface area contributed by atoms with Crippen molar-refractivity contribution in [2.75, 3.05) is 7.11 Å². The number of carbonyl (C=O) groups is 1. The van der Waals surface area contributed by atoms with Crippen LogP contribution < -0.4 is 0 Å². The Balaban J connectivity index is 2.14. The van der Waals surface area contributed by atoms with Gasteiger partial charge in [0.2, 0.25) is 0 Å². The molecule has 1 rings (SSSR count). The summed E-state index contributed by atoms with van der Waals surface area (Å²) in [5.41, 5.74) is 1.56. The van der Waals surface area contributed by atoms with Crippen molar-refractivity contribution in [1.29, 1.82) is 0 Å². The highest BCUT2D eigenvalue weighted by Gasteiger charge is 2.14. The largest absolute Gasteiger partial charge is 0.469 e. The van der Waals surface area contributed by atoms with Gasteiger partial charge in [-0.15, -0.1) is 0 Å². The van der Waals surface area contributed by atoms with E-state index in [1.165, 1.54) is 52.1 Å². The van der Waals surface area contributed by atoms with Crippen LogP contribution in [-0.4, -0.2) is 13.1 Å². The Labute approximate surface area is 142 Å². The summed E-state index contributed by atoms with van der Waals surface area (Å²) in [6, 6.07) is 0. The molecule has 0 saturated carbocycles. The van der Waals surface area contributed by atoms with Gasteiger partial charge in [-0.05, 0) is 38.0 Å². The lowest BCUT2D eigenvalue weighted by atomic mass is 9.95. The molecule has 0 aliphatic heterocycles. The van der Waals surface area contributed by atoms with Crippen molar-refractivity contribution in [1.82, 2.24) is 0 Å². The molecule has 0 amide bonds. The van der Waals surface area contributed by atoms with E-state index in [9.17, 15) is 4.79 Å². The summed E-state index contributed by atoms with van der Waals surface area (Å²) in [6.07, 6.45) is 24.2. The molecule has 1 aliphatic rings. The first-order chi connectivity index (χ1) is 11.3. The number of hydrogen-bond donors (Lipinski definition) is 0. The lowest BCUT2D eigenvalue weighted by molar-refractivity contribution is -0.140. The molecule has 0 heterocycles. The van der Waals surface area contributed by atoms with Gasteiger partial charge in [0, 0.05) is 6.42 Å². The lowest BCUT2D eigenvalue weighted by Gasteiger charge is -2.10. The van der Waals surface area contributed by atoms with Gasteiger partial charge in [0.1, 0.15) is 0 Å². The van der Waals surface area contributed by atoms with Crippen molar-refractivity contribution in [3.8, 4) is 0 Å². The van der Waals surface area contributed by atoms with Crippen LogP contribution in [0.2, 0.25) is 0 Å². The molecule has 0 radical (unpaired) electrons. The predicted molar refractivity (Wildman–Crippen MR) is 98.3 cm³/mol. The number of ether oxygens (including phenoxy) is 1. The van der Waals surface area contributed by atoms with Crippen molar-refractivity contribution in [2.24, 2.45) is 5.92 Å². The Kier molecular flexibility index (Phi) is 11.3. The molecule has 0 aromatic rings. The van der Waals surface area contributed by atoms with E-state index in [-0.39, 0.29) is 5.97 Å². The Morgan fingerprint density at radius 3 is 2.83 bits per heavy atom. The first-order valence-electron chi connectivity index (χ1n) is 9.37. The van der Waals surface area contributed by atoms with Crippen LogP contribution in [0, 0.1) is 5.92 Å². The fourth-order valence-corrected chi connectivity index (χ4v) is 3.01. The van der Waals surface area contributed by atoms with Crippen LogP contribution in [0.1, 0.15) is 77.6 Å². The summed E-state index contributed by atoms with van der Waals surface area (Å²) >= 11 is 0. The van der Waals surface area contributed by atoms with Crippen LogP contribution in [0.25, 0.3) is 0 Å². The van der Waals surface area contributed by atoms with Crippen molar-refractivity contribution in [3.63, 3.8) is 0 Å². The van der Waals surface area contributed by atoms with Crippen LogP contribution in [0.15, 0.2) is 36.0 Å². The maximum atomic E-state index is 11.0. The number of esters is 1. The summed E-state index contributed by atoms with van der Waals surface area (Å²) in [5, 5.41) is 0. The van der Waals surface area contributed by atoms with Crippen LogP contribution in [-0.2, 0) is 9.53 Å². The number of rotatable bonds is 12. The third-order valence-electron chi connectivity index (χ3n) is 4.49. The van der Waals surface area contributed by atoms with Crippen molar-refractivity contribution in [3.05, 3.63) is 36.0 Å². The first kappa shape index (κ1) is 19.7. The Bertz CT molecular complexity index is 404. The minimum absolute atomic E-state index is 0.0836.